The second-order valence-electron chi connectivity index (χ2n) is 7.83. The lowest BCUT2D eigenvalue weighted by molar-refractivity contribution is 0.0735. The molecule has 0 aliphatic carbocycles. The van der Waals surface area contributed by atoms with Gasteiger partial charge in [0.15, 0.2) is 0 Å². The predicted molar refractivity (Wildman–Crippen MR) is 134 cm³/mol. The molecular formula is C26H23Cl2N3O2. The third-order valence-corrected chi connectivity index (χ3v) is 6.40. The number of carbonyl (C=O) groups is 1. The molecule has 4 aromatic rings. The molecule has 5 nitrogen and oxygen atoms in total. The topological polar surface area (TPSA) is 55.2 Å². The summed E-state index contributed by atoms with van der Waals surface area (Å²) in [5.74, 6) is 0.183. The molecular weight excluding hydrogens is 457 g/mol. The van der Waals surface area contributed by atoms with Crippen LogP contribution in [-0.4, -0.2) is 27.4 Å². The molecule has 0 saturated carbocycles. The molecule has 168 valence electrons. The Kier molecular flexibility index (Phi) is 6.54. The highest BCUT2D eigenvalue weighted by Crippen LogP contribution is 2.27. The van der Waals surface area contributed by atoms with Gasteiger partial charge < -0.3 is 4.90 Å². The Morgan fingerprint density at radius 2 is 1.76 bits per heavy atom. The van der Waals surface area contributed by atoms with E-state index in [-0.39, 0.29) is 16.5 Å². The smallest absolute Gasteiger partial charge is 0.266 e. The van der Waals surface area contributed by atoms with Crippen LogP contribution in [0.15, 0.2) is 71.5 Å². The van der Waals surface area contributed by atoms with Crippen LogP contribution in [0.4, 0.5) is 0 Å². The van der Waals surface area contributed by atoms with Crippen molar-refractivity contribution >= 4 is 40.0 Å². The first-order chi connectivity index (χ1) is 15.8. The summed E-state index contributed by atoms with van der Waals surface area (Å²) in [5.41, 5.74) is 2.52. The molecule has 3 aromatic carbocycles. The van der Waals surface area contributed by atoms with Crippen LogP contribution in [0.25, 0.3) is 16.6 Å². The molecule has 0 radical (unpaired) electrons. The highest BCUT2D eigenvalue weighted by Gasteiger charge is 2.26. The fraction of sp³-hybridized carbons (Fsp3) is 0.192. The zero-order valence-electron chi connectivity index (χ0n) is 18.5. The highest BCUT2D eigenvalue weighted by atomic mass is 35.5. The van der Waals surface area contributed by atoms with Gasteiger partial charge in [0.05, 0.1) is 33.2 Å². The third-order valence-electron chi connectivity index (χ3n) is 5.85. The van der Waals surface area contributed by atoms with Gasteiger partial charge in [0.25, 0.3) is 11.5 Å². The van der Waals surface area contributed by atoms with Crippen molar-refractivity contribution in [2.24, 2.45) is 0 Å². The Bertz CT molecular complexity index is 1410. The number of hydrogen-bond acceptors (Lipinski definition) is 3. The normalized spacial score (nSPS) is 12.0. The van der Waals surface area contributed by atoms with Gasteiger partial charge in [0.1, 0.15) is 5.82 Å². The largest absolute Gasteiger partial charge is 0.332 e. The van der Waals surface area contributed by atoms with E-state index >= 15 is 0 Å². The van der Waals surface area contributed by atoms with Crippen LogP contribution in [0.2, 0.25) is 10.0 Å². The molecule has 0 bridgehead atoms. The van der Waals surface area contributed by atoms with E-state index < -0.39 is 6.04 Å². The number of amides is 1. The summed E-state index contributed by atoms with van der Waals surface area (Å²) in [4.78, 5) is 33.3. The molecule has 1 atom stereocenters. The minimum Gasteiger partial charge on any atom is -0.332 e. The molecule has 33 heavy (non-hydrogen) atoms. The highest BCUT2D eigenvalue weighted by molar-refractivity contribution is 6.36. The van der Waals surface area contributed by atoms with Crippen molar-refractivity contribution in [1.29, 1.82) is 0 Å². The van der Waals surface area contributed by atoms with E-state index in [0.717, 1.165) is 17.7 Å². The summed E-state index contributed by atoms with van der Waals surface area (Å²) in [6, 6.07) is 19.2. The summed E-state index contributed by atoms with van der Waals surface area (Å²) in [6.07, 6.45) is 0.748. The van der Waals surface area contributed by atoms with Crippen LogP contribution in [0.5, 0.6) is 0 Å². The minimum atomic E-state index is -0.522. The SMILES string of the molecule is CCc1ccccc1-n1c(C(C)N(C)C(=O)c2ccc(Cl)cc2Cl)nc2ccccc2c1=O. The van der Waals surface area contributed by atoms with E-state index in [9.17, 15) is 9.59 Å². The van der Waals surface area contributed by atoms with Gasteiger partial charge in [-0.05, 0) is 55.3 Å². The van der Waals surface area contributed by atoms with E-state index in [4.69, 9.17) is 28.2 Å². The van der Waals surface area contributed by atoms with E-state index in [1.54, 1.807) is 35.9 Å². The first kappa shape index (κ1) is 23.0. The Morgan fingerprint density at radius 3 is 2.48 bits per heavy atom. The standard InChI is InChI=1S/C26H23Cl2N3O2/c1-4-17-9-5-8-12-23(17)31-24(29-22-11-7-6-10-20(22)26(31)33)16(2)30(3)25(32)19-14-13-18(27)15-21(19)28/h5-16H,4H2,1-3H3. The Labute approximate surface area is 202 Å². The number of fused-ring (bicyclic) bond motifs is 1. The van der Waals surface area contributed by atoms with E-state index in [2.05, 4.69) is 0 Å². The Morgan fingerprint density at radius 1 is 1.06 bits per heavy atom. The monoisotopic (exact) mass is 479 g/mol. The van der Waals surface area contributed by atoms with Gasteiger partial charge in [-0.2, -0.15) is 0 Å². The van der Waals surface area contributed by atoms with Crippen molar-refractivity contribution in [2.75, 3.05) is 7.05 Å². The van der Waals surface area contributed by atoms with Gasteiger partial charge in [-0.25, -0.2) is 4.98 Å². The maximum Gasteiger partial charge on any atom is 0.266 e. The molecule has 0 N–H and O–H groups in total. The van der Waals surface area contributed by atoms with E-state index in [1.165, 1.54) is 11.0 Å². The molecule has 1 heterocycles. The average molecular weight is 480 g/mol. The average Bonchev–Trinajstić information content (AvgIpc) is 2.82. The molecule has 0 saturated heterocycles. The molecule has 0 spiro atoms. The van der Waals surface area contributed by atoms with Gasteiger partial charge >= 0.3 is 0 Å². The molecule has 4 rings (SSSR count). The van der Waals surface area contributed by atoms with Gasteiger partial charge in [-0.1, -0.05) is 60.5 Å². The van der Waals surface area contributed by atoms with Crippen molar-refractivity contribution in [1.82, 2.24) is 14.5 Å². The number of nitrogens with zero attached hydrogens (tertiary/aromatic N) is 3. The number of rotatable bonds is 5. The van der Waals surface area contributed by atoms with Gasteiger partial charge in [-0.3, -0.25) is 14.2 Å². The van der Waals surface area contributed by atoms with Gasteiger partial charge in [0.2, 0.25) is 0 Å². The Balaban J connectivity index is 1.90. The number of aryl methyl sites for hydroxylation is 1. The lowest BCUT2D eigenvalue weighted by atomic mass is 10.1. The summed E-state index contributed by atoms with van der Waals surface area (Å²) in [7, 11) is 1.68. The first-order valence-corrected chi connectivity index (χ1v) is 11.4. The minimum absolute atomic E-state index is 0.172. The van der Waals surface area contributed by atoms with Crippen LogP contribution >= 0.6 is 23.2 Å². The predicted octanol–water partition coefficient (Wildman–Crippen LogP) is 6.09. The van der Waals surface area contributed by atoms with Crippen molar-refractivity contribution in [2.45, 2.75) is 26.3 Å². The number of carbonyl (C=O) groups excluding carboxylic acids is 1. The third kappa shape index (κ3) is 4.26. The van der Waals surface area contributed by atoms with E-state index in [0.29, 0.717) is 27.3 Å². The van der Waals surface area contributed by atoms with Crippen molar-refractivity contribution < 1.29 is 4.79 Å². The molecule has 1 amide bonds. The summed E-state index contributed by atoms with van der Waals surface area (Å²) < 4.78 is 1.62. The lowest BCUT2D eigenvalue weighted by Crippen LogP contribution is -2.35. The number of hydrogen-bond donors (Lipinski definition) is 0. The fourth-order valence-electron chi connectivity index (χ4n) is 3.89. The second kappa shape index (κ2) is 9.38. The summed E-state index contributed by atoms with van der Waals surface area (Å²) >= 11 is 12.3. The van der Waals surface area contributed by atoms with Crippen LogP contribution in [0.3, 0.4) is 0 Å². The van der Waals surface area contributed by atoms with Crippen molar-refractivity contribution in [3.05, 3.63) is 104 Å². The molecule has 7 heteroatoms. The van der Waals surface area contributed by atoms with Crippen LogP contribution in [0, 0.1) is 0 Å². The molecule has 1 unspecified atom stereocenters. The zero-order valence-corrected chi connectivity index (χ0v) is 20.1. The quantitative estimate of drug-likeness (QED) is 0.348. The van der Waals surface area contributed by atoms with E-state index in [1.807, 2.05) is 50.2 Å². The van der Waals surface area contributed by atoms with Crippen LogP contribution in [0.1, 0.15) is 41.6 Å². The maximum absolute atomic E-state index is 13.7. The first-order valence-electron chi connectivity index (χ1n) is 10.7. The number of benzene rings is 3. The van der Waals surface area contributed by atoms with Crippen LogP contribution < -0.4 is 5.56 Å². The molecule has 0 aliphatic rings. The van der Waals surface area contributed by atoms with Gasteiger partial charge in [0, 0.05) is 12.1 Å². The second-order valence-corrected chi connectivity index (χ2v) is 8.67. The fourth-order valence-corrected chi connectivity index (χ4v) is 4.38. The molecule has 1 aromatic heterocycles. The number of aromatic nitrogens is 2. The van der Waals surface area contributed by atoms with Crippen molar-refractivity contribution in [3.63, 3.8) is 0 Å². The number of para-hydroxylation sites is 2. The van der Waals surface area contributed by atoms with Crippen LogP contribution in [-0.2, 0) is 6.42 Å². The Hall–Kier alpha value is -3.15. The summed E-state index contributed by atoms with van der Waals surface area (Å²) in [6.45, 7) is 3.89. The molecule has 0 fully saturated rings. The maximum atomic E-state index is 13.7. The number of halogens is 2. The van der Waals surface area contributed by atoms with Gasteiger partial charge in [-0.15, -0.1) is 0 Å². The van der Waals surface area contributed by atoms with Crippen molar-refractivity contribution in [3.8, 4) is 5.69 Å². The summed E-state index contributed by atoms with van der Waals surface area (Å²) in [5, 5.41) is 1.24. The molecule has 0 aliphatic heterocycles. The zero-order chi connectivity index (χ0) is 23.7. The lowest BCUT2D eigenvalue weighted by Gasteiger charge is -2.28.